The lowest BCUT2D eigenvalue weighted by Crippen LogP contribution is -2.34. The van der Waals surface area contributed by atoms with E-state index in [0.717, 1.165) is 11.1 Å². The predicted molar refractivity (Wildman–Crippen MR) is 77.0 cm³/mol. The van der Waals surface area contributed by atoms with E-state index in [4.69, 9.17) is 0 Å². The van der Waals surface area contributed by atoms with Gasteiger partial charge in [0.2, 0.25) is 0 Å². The van der Waals surface area contributed by atoms with E-state index in [9.17, 15) is 9.59 Å². The van der Waals surface area contributed by atoms with E-state index in [1.54, 1.807) is 11.4 Å². The third-order valence-corrected chi connectivity index (χ3v) is 3.92. The summed E-state index contributed by atoms with van der Waals surface area (Å²) in [6, 6.07) is 9.55. The van der Waals surface area contributed by atoms with Crippen molar-refractivity contribution in [2.75, 3.05) is 0 Å². The van der Waals surface area contributed by atoms with Gasteiger partial charge in [0.1, 0.15) is 4.70 Å². The fourth-order valence-electron chi connectivity index (χ4n) is 2.11. The monoisotopic (exact) mass is 272 g/mol. The quantitative estimate of drug-likeness (QED) is 0.776. The lowest BCUT2D eigenvalue weighted by Gasteiger charge is -2.05. The first-order valence-electron chi connectivity index (χ1n) is 5.91. The molecule has 0 radical (unpaired) electrons. The maximum atomic E-state index is 12.3. The third-order valence-electron chi connectivity index (χ3n) is 3.01. The number of nitrogens with zero attached hydrogens (tertiary/aromatic N) is 1. The standard InChI is InChI=1S/C14H12N2O2S/c1-9-3-2-4-10(7-9)8-16-13(17)12-11(5-6-19-12)15-14(16)18/h2-7H,8H2,1H3,(H,15,18). The Kier molecular flexibility index (Phi) is 2.83. The Bertz CT molecular complexity index is 857. The number of nitrogens with one attached hydrogen (secondary N) is 1. The summed E-state index contributed by atoms with van der Waals surface area (Å²) in [6.45, 7) is 2.28. The Morgan fingerprint density at radius 2 is 2.11 bits per heavy atom. The lowest BCUT2D eigenvalue weighted by molar-refractivity contribution is 0.712. The van der Waals surface area contributed by atoms with Crippen molar-refractivity contribution in [1.29, 1.82) is 0 Å². The van der Waals surface area contributed by atoms with Gasteiger partial charge in [-0.05, 0) is 23.9 Å². The smallest absolute Gasteiger partial charge is 0.306 e. The molecule has 1 aromatic carbocycles. The molecule has 3 rings (SSSR count). The molecule has 0 aliphatic rings. The van der Waals surface area contributed by atoms with E-state index in [1.165, 1.54) is 15.9 Å². The fraction of sp³-hybridized carbons (Fsp3) is 0.143. The van der Waals surface area contributed by atoms with Crippen LogP contribution in [0.25, 0.3) is 10.2 Å². The van der Waals surface area contributed by atoms with E-state index in [2.05, 4.69) is 4.98 Å². The minimum atomic E-state index is -0.364. The summed E-state index contributed by atoms with van der Waals surface area (Å²) in [7, 11) is 0. The van der Waals surface area contributed by atoms with Gasteiger partial charge >= 0.3 is 5.69 Å². The van der Waals surface area contributed by atoms with Crippen LogP contribution in [0.1, 0.15) is 11.1 Å². The van der Waals surface area contributed by atoms with Crippen LogP contribution in [0.5, 0.6) is 0 Å². The summed E-state index contributed by atoms with van der Waals surface area (Å²) in [5.41, 5.74) is 2.08. The van der Waals surface area contributed by atoms with Gasteiger partial charge in [-0.15, -0.1) is 11.3 Å². The van der Waals surface area contributed by atoms with Crippen LogP contribution in [-0.2, 0) is 6.54 Å². The molecule has 0 unspecified atom stereocenters. The Hall–Kier alpha value is -2.14. The van der Waals surface area contributed by atoms with Crippen molar-refractivity contribution in [3.05, 3.63) is 67.7 Å². The van der Waals surface area contributed by atoms with Gasteiger partial charge in [-0.3, -0.25) is 9.36 Å². The first-order valence-corrected chi connectivity index (χ1v) is 6.79. The highest BCUT2D eigenvalue weighted by Gasteiger charge is 2.08. The predicted octanol–water partition coefficient (Wildman–Crippen LogP) is 2.11. The minimum absolute atomic E-state index is 0.227. The number of fused-ring (bicyclic) bond motifs is 1. The number of rotatable bonds is 2. The Labute approximate surface area is 113 Å². The first kappa shape index (κ1) is 11.9. The van der Waals surface area contributed by atoms with E-state index in [-0.39, 0.29) is 11.2 Å². The summed E-state index contributed by atoms with van der Waals surface area (Å²) in [6.07, 6.45) is 0. The molecule has 0 saturated carbocycles. The second-order valence-corrected chi connectivity index (χ2v) is 5.39. The maximum Gasteiger partial charge on any atom is 0.329 e. The summed E-state index contributed by atoms with van der Waals surface area (Å²) in [4.78, 5) is 26.9. The zero-order valence-electron chi connectivity index (χ0n) is 10.3. The second-order valence-electron chi connectivity index (χ2n) is 4.47. The number of H-pyrrole nitrogens is 1. The topological polar surface area (TPSA) is 54.9 Å². The molecular formula is C14H12N2O2S. The van der Waals surface area contributed by atoms with Crippen molar-refractivity contribution < 1.29 is 0 Å². The highest BCUT2D eigenvalue weighted by molar-refractivity contribution is 7.17. The van der Waals surface area contributed by atoms with Crippen LogP contribution in [0.2, 0.25) is 0 Å². The first-order chi connectivity index (χ1) is 9.15. The summed E-state index contributed by atoms with van der Waals surface area (Å²) >= 11 is 1.35. The lowest BCUT2D eigenvalue weighted by atomic mass is 10.1. The second kappa shape index (κ2) is 4.51. The molecule has 4 nitrogen and oxygen atoms in total. The summed E-state index contributed by atoms with van der Waals surface area (Å²) in [5, 5.41) is 1.80. The minimum Gasteiger partial charge on any atom is -0.306 e. The Balaban J connectivity index is 2.15. The van der Waals surface area contributed by atoms with Crippen LogP contribution in [0.3, 0.4) is 0 Å². The van der Waals surface area contributed by atoms with Crippen molar-refractivity contribution in [1.82, 2.24) is 9.55 Å². The average Bonchev–Trinajstić information content (AvgIpc) is 2.83. The molecule has 0 spiro atoms. The van der Waals surface area contributed by atoms with Crippen molar-refractivity contribution >= 4 is 21.6 Å². The number of aryl methyl sites for hydroxylation is 1. The molecular weight excluding hydrogens is 260 g/mol. The molecule has 0 amide bonds. The van der Waals surface area contributed by atoms with Gasteiger partial charge in [0.05, 0.1) is 12.1 Å². The fourth-order valence-corrected chi connectivity index (χ4v) is 2.90. The zero-order valence-corrected chi connectivity index (χ0v) is 11.2. The molecule has 0 aliphatic heterocycles. The van der Waals surface area contributed by atoms with Crippen LogP contribution in [0, 0.1) is 6.92 Å². The molecule has 1 N–H and O–H groups in total. The van der Waals surface area contributed by atoms with Crippen LogP contribution in [-0.4, -0.2) is 9.55 Å². The molecule has 2 heterocycles. The molecule has 3 aromatic rings. The number of aromatic amines is 1. The summed E-state index contributed by atoms with van der Waals surface area (Å²) < 4.78 is 1.83. The van der Waals surface area contributed by atoms with Crippen LogP contribution >= 0.6 is 11.3 Å². The molecule has 19 heavy (non-hydrogen) atoms. The average molecular weight is 272 g/mol. The third kappa shape index (κ3) is 2.13. The molecule has 2 aromatic heterocycles. The normalized spacial score (nSPS) is 11.0. The van der Waals surface area contributed by atoms with Crippen molar-refractivity contribution in [2.45, 2.75) is 13.5 Å². The molecule has 0 atom stereocenters. The highest BCUT2D eigenvalue weighted by Crippen LogP contribution is 2.12. The zero-order chi connectivity index (χ0) is 13.4. The van der Waals surface area contributed by atoms with Gasteiger partial charge in [0.15, 0.2) is 0 Å². The van der Waals surface area contributed by atoms with Crippen LogP contribution in [0.4, 0.5) is 0 Å². The van der Waals surface area contributed by atoms with Crippen molar-refractivity contribution in [3.8, 4) is 0 Å². The van der Waals surface area contributed by atoms with Gasteiger partial charge in [0, 0.05) is 0 Å². The molecule has 0 bridgehead atoms. The van der Waals surface area contributed by atoms with E-state index in [0.29, 0.717) is 16.8 Å². The Morgan fingerprint density at radius 3 is 2.89 bits per heavy atom. The maximum absolute atomic E-state index is 12.3. The van der Waals surface area contributed by atoms with Gasteiger partial charge in [-0.25, -0.2) is 4.79 Å². The van der Waals surface area contributed by atoms with E-state index >= 15 is 0 Å². The van der Waals surface area contributed by atoms with Crippen LogP contribution < -0.4 is 11.2 Å². The largest absolute Gasteiger partial charge is 0.329 e. The number of hydrogen-bond acceptors (Lipinski definition) is 3. The van der Waals surface area contributed by atoms with Crippen molar-refractivity contribution in [3.63, 3.8) is 0 Å². The number of aromatic nitrogens is 2. The highest BCUT2D eigenvalue weighted by atomic mass is 32.1. The number of hydrogen-bond donors (Lipinski definition) is 1. The molecule has 0 saturated heterocycles. The van der Waals surface area contributed by atoms with E-state index in [1.807, 2.05) is 31.2 Å². The van der Waals surface area contributed by atoms with Crippen molar-refractivity contribution in [2.24, 2.45) is 0 Å². The number of thiophene rings is 1. The molecule has 5 heteroatoms. The molecule has 0 fully saturated rings. The molecule has 0 aliphatic carbocycles. The molecule has 96 valence electrons. The summed E-state index contributed by atoms with van der Waals surface area (Å²) in [5.74, 6) is 0. The van der Waals surface area contributed by atoms with Gasteiger partial charge in [-0.2, -0.15) is 0 Å². The van der Waals surface area contributed by atoms with Gasteiger partial charge in [-0.1, -0.05) is 29.8 Å². The SMILES string of the molecule is Cc1cccc(Cn2c(=O)[nH]c3ccsc3c2=O)c1. The van der Waals surface area contributed by atoms with Gasteiger partial charge < -0.3 is 4.98 Å². The van der Waals surface area contributed by atoms with E-state index < -0.39 is 0 Å². The Morgan fingerprint density at radius 1 is 1.26 bits per heavy atom. The van der Waals surface area contributed by atoms with Crippen LogP contribution in [0.15, 0.2) is 45.3 Å². The number of benzene rings is 1. The van der Waals surface area contributed by atoms with Gasteiger partial charge in [0.25, 0.3) is 5.56 Å².